The van der Waals surface area contributed by atoms with E-state index in [1.165, 1.54) is 0 Å². The molecule has 2 fully saturated rings. The van der Waals surface area contributed by atoms with Crippen LogP contribution in [0.3, 0.4) is 0 Å². The molecule has 3 unspecified atom stereocenters. The van der Waals surface area contributed by atoms with Crippen LogP contribution < -0.4 is 5.32 Å². The molecule has 2 amide bonds. The van der Waals surface area contributed by atoms with Gasteiger partial charge in [-0.25, -0.2) is 4.79 Å². The van der Waals surface area contributed by atoms with Crippen molar-refractivity contribution in [1.82, 2.24) is 10.2 Å². The standard InChI is InChI=1S/C13H22N2O4/c16-9-6-7-15(8-9)13(19)14-11-5-3-1-2-4-10(11)12(17)18/h9-11,16H,1-8H2,(H,14,19)(H,17,18). The number of urea groups is 1. The fourth-order valence-corrected chi connectivity index (χ4v) is 2.95. The van der Waals surface area contributed by atoms with Crippen molar-refractivity contribution in [3.8, 4) is 0 Å². The lowest BCUT2D eigenvalue weighted by molar-refractivity contribution is -0.142. The van der Waals surface area contributed by atoms with Crippen LogP contribution in [0.5, 0.6) is 0 Å². The molecule has 108 valence electrons. The van der Waals surface area contributed by atoms with Crippen molar-refractivity contribution < 1.29 is 19.8 Å². The van der Waals surface area contributed by atoms with Crippen LogP contribution in [-0.2, 0) is 4.79 Å². The Kier molecular flexibility index (Phi) is 4.63. The maximum absolute atomic E-state index is 12.1. The Balaban J connectivity index is 1.94. The Labute approximate surface area is 112 Å². The average molecular weight is 270 g/mol. The van der Waals surface area contributed by atoms with Gasteiger partial charge in [0.05, 0.1) is 12.0 Å². The molecule has 1 aliphatic carbocycles. The fraction of sp³-hybridized carbons (Fsp3) is 0.846. The fourth-order valence-electron chi connectivity index (χ4n) is 2.95. The molecule has 0 radical (unpaired) electrons. The van der Waals surface area contributed by atoms with E-state index in [2.05, 4.69) is 5.32 Å². The highest BCUT2D eigenvalue weighted by atomic mass is 16.4. The molecule has 0 bridgehead atoms. The molecule has 3 atom stereocenters. The summed E-state index contributed by atoms with van der Waals surface area (Å²) in [5.74, 6) is -1.31. The summed E-state index contributed by atoms with van der Waals surface area (Å²) < 4.78 is 0. The number of β-amino-alcohol motifs (C(OH)–C–C–N with tert-alkyl or cyclic N) is 1. The van der Waals surface area contributed by atoms with Gasteiger partial charge in [0.1, 0.15) is 0 Å². The second-order valence-electron chi connectivity index (χ2n) is 5.53. The summed E-state index contributed by atoms with van der Waals surface area (Å²) >= 11 is 0. The van der Waals surface area contributed by atoms with Gasteiger partial charge in [0.15, 0.2) is 0 Å². The minimum absolute atomic E-state index is 0.241. The van der Waals surface area contributed by atoms with E-state index in [4.69, 9.17) is 0 Å². The van der Waals surface area contributed by atoms with E-state index >= 15 is 0 Å². The number of rotatable bonds is 2. The van der Waals surface area contributed by atoms with Gasteiger partial charge in [-0.2, -0.15) is 0 Å². The molecule has 3 N–H and O–H groups in total. The lowest BCUT2D eigenvalue weighted by Crippen LogP contribution is -2.48. The molecule has 1 heterocycles. The summed E-state index contributed by atoms with van der Waals surface area (Å²) in [5, 5.41) is 21.5. The van der Waals surface area contributed by atoms with E-state index < -0.39 is 18.0 Å². The topological polar surface area (TPSA) is 89.9 Å². The Morgan fingerprint density at radius 3 is 2.47 bits per heavy atom. The average Bonchev–Trinajstić information content (AvgIpc) is 2.65. The quantitative estimate of drug-likeness (QED) is 0.647. The van der Waals surface area contributed by atoms with Crippen LogP contribution >= 0.6 is 0 Å². The van der Waals surface area contributed by atoms with Gasteiger partial charge in [-0.1, -0.05) is 19.3 Å². The monoisotopic (exact) mass is 270 g/mol. The Hall–Kier alpha value is -1.30. The first kappa shape index (κ1) is 14.1. The Morgan fingerprint density at radius 2 is 1.84 bits per heavy atom. The van der Waals surface area contributed by atoms with Gasteiger partial charge >= 0.3 is 12.0 Å². The van der Waals surface area contributed by atoms with Gasteiger partial charge in [-0.05, 0) is 19.3 Å². The summed E-state index contributed by atoms with van der Waals surface area (Å²) in [6.45, 7) is 0.883. The minimum Gasteiger partial charge on any atom is -0.481 e. The molecule has 6 heteroatoms. The molecule has 0 aromatic heterocycles. The van der Waals surface area contributed by atoms with Gasteiger partial charge in [0, 0.05) is 19.1 Å². The zero-order chi connectivity index (χ0) is 13.8. The van der Waals surface area contributed by atoms with E-state index in [0.29, 0.717) is 25.9 Å². The Morgan fingerprint density at radius 1 is 1.11 bits per heavy atom. The van der Waals surface area contributed by atoms with E-state index in [0.717, 1.165) is 25.7 Å². The molecule has 19 heavy (non-hydrogen) atoms. The number of aliphatic carboxylic acids is 1. The molecule has 2 rings (SSSR count). The van der Waals surface area contributed by atoms with E-state index in [1.54, 1.807) is 4.90 Å². The van der Waals surface area contributed by atoms with Crippen molar-refractivity contribution in [2.24, 2.45) is 5.92 Å². The highest BCUT2D eigenvalue weighted by Crippen LogP contribution is 2.24. The maximum atomic E-state index is 12.1. The van der Waals surface area contributed by atoms with Crippen LogP contribution in [0, 0.1) is 5.92 Å². The molecule has 1 aliphatic heterocycles. The predicted octanol–water partition coefficient (Wildman–Crippen LogP) is 0.796. The maximum Gasteiger partial charge on any atom is 0.317 e. The highest BCUT2D eigenvalue weighted by molar-refractivity contribution is 5.77. The number of amides is 2. The van der Waals surface area contributed by atoms with Crippen molar-refractivity contribution in [2.75, 3.05) is 13.1 Å². The lowest BCUT2D eigenvalue weighted by atomic mass is 9.95. The first-order valence-corrected chi connectivity index (χ1v) is 7.04. The smallest absolute Gasteiger partial charge is 0.317 e. The van der Waals surface area contributed by atoms with Gasteiger partial charge in [0.2, 0.25) is 0 Å². The third kappa shape index (κ3) is 3.59. The summed E-state index contributed by atoms with van der Waals surface area (Å²) in [6, 6.07) is -0.528. The number of likely N-dealkylation sites (tertiary alicyclic amines) is 1. The number of carbonyl (C=O) groups excluding carboxylic acids is 1. The molecule has 0 aromatic rings. The van der Waals surface area contributed by atoms with Crippen molar-refractivity contribution >= 4 is 12.0 Å². The third-order valence-corrected chi connectivity index (χ3v) is 4.09. The molecule has 2 aliphatic rings. The van der Waals surface area contributed by atoms with E-state index in [1.807, 2.05) is 0 Å². The zero-order valence-corrected chi connectivity index (χ0v) is 11.0. The van der Waals surface area contributed by atoms with Crippen LogP contribution in [0.15, 0.2) is 0 Å². The summed E-state index contributed by atoms with van der Waals surface area (Å²) in [5.41, 5.74) is 0. The van der Waals surface area contributed by atoms with Gasteiger partial charge in [0.25, 0.3) is 0 Å². The number of hydrogen-bond donors (Lipinski definition) is 3. The molecule has 0 spiro atoms. The predicted molar refractivity (Wildman–Crippen MR) is 68.7 cm³/mol. The zero-order valence-electron chi connectivity index (χ0n) is 11.0. The first-order valence-electron chi connectivity index (χ1n) is 7.04. The van der Waals surface area contributed by atoms with Crippen LogP contribution in [0.1, 0.15) is 38.5 Å². The van der Waals surface area contributed by atoms with Crippen LogP contribution in [0.2, 0.25) is 0 Å². The second kappa shape index (κ2) is 6.23. The SMILES string of the molecule is O=C(O)C1CCCCCC1NC(=O)N1CCC(O)C1. The van der Waals surface area contributed by atoms with Crippen molar-refractivity contribution in [2.45, 2.75) is 50.7 Å². The van der Waals surface area contributed by atoms with E-state index in [9.17, 15) is 19.8 Å². The second-order valence-corrected chi connectivity index (χ2v) is 5.53. The molecule has 6 nitrogen and oxygen atoms in total. The number of aliphatic hydroxyl groups is 1. The molecular weight excluding hydrogens is 248 g/mol. The lowest BCUT2D eigenvalue weighted by Gasteiger charge is -2.26. The number of nitrogens with one attached hydrogen (secondary N) is 1. The minimum atomic E-state index is -0.825. The molecule has 1 saturated carbocycles. The van der Waals surface area contributed by atoms with Crippen molar-refractivity contribution in [3.05, 3.63) is 0 Å². The summed E-state index contributed by atoms with van der Waals surface area (Å²) in [4.78, 5) is 24.9. The summed E-state index contributed by atoms with van der Waals surface area (Å²) in [7, 11) is 0. The van der Waals surface area contributed by atoms with Gasteiger partial charge < -0.3 is 20.4 Å². The van der Waals surface area contributed by atoms with Gasteiger partial charge in [-0.15, -0.1) is 0 Å². The van der Waals surface area contributed by atoms with Crippen LogP contribution in [-0.4, -0.2) is 52.3 Å². The number of carbonyl (C=O) groups is 2. The molecular formula is C13H22N2O4. The normalized spacial score (nSPS) is 31.8. The van der Waals surface area contributed by atoms with Crippen molar-refractivity contribution in [1.29, 1.82) is 0 Å². The van der Waals surface area contributed by atoms with Crippen LogP contribution in [0.25, 0.3) is 0 Å². The number of aliphatic hydroxyl groups excluding tert-OH is 1. The molecule has 1 saturated heterocycles. The number of hydrogen-bond acceptors (Lipinski definition) is 3. The first-order chi connectivity index (χ1) is 9.08. The largest absolute Gasteiger partial charge is 0.481 e. The Bertz CT molecular complexity index is 348. The summed E-state index contributed by atoms with van der Waals surface area (Å²) in [6.07, 6.45) is 4.39. The number of nitrogens with zero attached hydrogens (tertiary/aromatic N) is 1. The number of carboxylic acid groups (broad SMARTS) is 1. The number of carboxylic acids is 1. The van der Waals surface area contributed by atoms with Crippen molar-refractivity contribution in [3.63, 3.8) is 0 Å². The highest BCUT2D eigenvalue weighted by Gasteiger charge is 2.33. The molecule has 0 aromatic carbocycles. The van der Waals surface area contributed by atoms with Crippen LogP contribution in [0.4, 0.5) is 4.79 Å². The van der Waals surface area contributed by atoms with Gasteiger partial charge in [-0.3, -0.25) is 4.79 Å². The van der Waals surface area contributed by atoms with E-state index in [-0.39, 0.29) is 12.1 Å². The third-order valence-electron chi connectivity index (χ3n) is 4.09.